The van der Waals surface area contributed by atoms with Gasteiger partial charge >= 0.3 is 0 Å². The summed E-state index contributed by atoms with van der Waals surface area (Å²) >= 11 is 0. The maximum atomic E-state index is 12.9. The number of aryl methyl sites for hydroxylation is 1. The Hall–Kier alpha value is -3.41. The smallest absolute Gasteiger partial charge is 0.272 e. The van der Waals surface area contributed by atoms with Crippen molar-refractivity contribution in [2.24, 2.45) is 0 Å². The zero-order valence-corrected chi connectivity index (χ0v) is 17.4. The zero-order valence-electron chi connectivity index (χ0n) is 17.4. The molecule has 3 amide bonds. The van der Waals surface area contributed by atoms with Crippen LogP contribution in [0.15, 0.2) is 54.2 Å². The number of benzene rings is 2. The van der Waals surface area contributed by atoms with Gasteiger partial charge in [-0.3, -0.25) is 14.4 Å². The number of amides is 3. The fraction of sp³-hybridized carbons (Fsp3) is 0.261. The number of anilines is 1. The van der Waals surface area contributed by atoms with Gasteiger partial charge in [0, 0.05) is 12.5 Å². The number of rotatable bonds is 5. The van der Waals surface area contributed by atoms with Gasteiger partial charge in [-0.05, 0) is 57.0 Å². The summed E-state index contributed by atoms with van der Waals surface area (Å²) < 4.78 is 0. The maximum absolute atomic E-state index is 12.9. The highest BCUT2D eigenvalue weighted by molar-refractivity contribution is 6.11. The number of carbonyl (C=O) groups is 3. The van der Waals surface area contributed by atoms with Crippen LogP contribution in [-0.4, -0.2) is 23.3 Å². The van der Waals surface area contributed by atoms with Crippen LogP contribution in [0.4, 0.5) is 5.69 Å². The van der Waals surface area contributed by atoms with E-state index in [1.807, 2.05) is 52.0 Å². The number of hydrogen-bond donors (Lipinski definition) is 3. The Morgan fingerprint density at radius 2 is 1.55 bits per heavy atom. The summed E-state index contributed by atoms with van der Waals surface area (Å²) in [6.07, 6.45) is 1.61. The Morgan fingerprint density at radius 1 is 0.931 bits per heavy atom. The molecule has 0 saturated heterocycles. The molecule has 0 aromatic heterocycles. The molecule has 0 unspecified atom stereocenters. The molecule has 0 aliphatic carbocycles. The van der Waals surface area contributed by atoms with Gasteiger partial charge < -0.3 is 16.0 Å². The van der Waals surface area contributed by atoms with E-state index in [1.54, 1.807) is 30.3 Å². The fourth-order valence-electron chi connectivity index (χ4n) is 2.64. The summed E-state index contributed by atoms with van der Waals surface area (Å²) in [5.41, 5.74) is 2.16. The van der Waals surface area contributed by atoms with Gasteiger partial charge in [0.25, 0.3) is 11.8 Å². The monoisotopic (exact) mass is 393 g/mol. The number of carbonyl (C=O) groups excluding carboxylic acids is 3. The lowest BCUT2D eigenvalue weighted by molar-refractivity contribution is -0.120. The molecule has 2 rings (SSSR count). The Bertz CT molecular complexity index is 956. The highest BCUT2D eigenvalue weighted by Crippen LogP contribution is 2.18. The summed E-state index contributed by atoms with van der Waals surface area (Å²) in [5.74, 6) is -1.17. The molecule has 2 aromatic carbocycles. The van der Waals surface area contributed by atoms with Crippen LogP contribution < -0.4 is 16.0 Å². The first-order valence-electron chi connectivity index (χ1n) is 9.34. The highest BCUT2D eigenvalue weighted by Gasteiger charge is 2.20. The third kappa shape index (κ3) is 6.60. The normalized spacial score (nSPS) is 11.6. The molecular weight excluding hydrogens is 366 g/mol. The van der Waals surface area contributed by atoms with Gasteiger partial charge in [-0.25, -0.2) is 0 Å². The van der Waals surface area contributed by atoms with Gasteiger partial charge in [0.15, 0.2) is 0 Å². The molecule has 0 bridgehead atoms. The van der Waals surface area contributed by atoms with E-state index in [0.717, 1.165) is 11.1 Å². The standard InChI is InChI=1S/C23H27N3O3/c1-15-10-6-7-11-17(15)14-20(24-16(2)27)22(29)25-19-13-9-8-12-18(19)21(28)26-23(3,4)5/h6-14H,1-5H3,(H,24,27)(H,25,29)(H,26,28). The first kappa shape index (κ1) is 21.9. The Kier molecular flexibility index (Phi) is 6.93. The van der Waals surface area contributed by atoms with Crippen molar-refractivity contribution in [3.8, 4) is 0 Å². The second kappa shape index (κ2) is 9.19. The van der Waals surface area contributed by atoms with Crippen molar-refractivity contribution < 1.29 is 14.4 Å². The average Bonchev–Trinajstić information content (AvgIpc) is 2.61. The molecule has 0 atom stereocenters. The largest absolute Gasteiger partial charge is 0.347 e. The molecule has 6 heteroatoms. The lowest BCUT2D eigenvalue weighted by Gasteiger charge is -2.21. The van der Waals surface area contributed by atoms with Crippen LogP contribution in [0.1, 0.15) is 49.2 Å². The first-order valence-corrected chi connectivity index (χ1v) is 9.34. The van der Waals surface area contributed by atoms with E-state index in [-0.39, 0.29) is 17.5 Å². The van der Waals surface area contributed by atoms with Gasteiger partial charge in [-0.15, -0.1) is 0 Å². The van der Waals surface area contributed by atoms with Crippen molar-refractivity contribution in [3.63, 3.8) is 0 Å². The quantitative estimate of drug-likeness (QED) is 0.678. The van der Waals surface area contributed by atoms with E-state index >= 15 is 0 Å². The SMILES string of the molecule is CC(=O)NC(=Cc1ccccc1C)C(=O)Nc1ccccc1C(=O)NC(C)(C)C. The molecule has 0 fully saturated rings. The molecule has 29 heavy (non-hydrogen) atoms. The summed E-state index contributed by atoms with van der Waals surface area (Å²) in [4.78, 5) is 37.1. The van der Waals surface area contributed by atoms with Crippen LogP contribution in [-0.2, 0) is 9.59 Å². The van der Waals surface area contributed by atoms with Gasteiger partial charge in [0.2, 0.25) is 5.91 Å². The van der Waals surface area contributed by atoms with Crippen molar-refractivity contribution in [2.75, 3.05) is 5.32 Å². The molecule has 0 radical (unpaired) electrons. The van der Waals surface area contributed by atoms with Crippen LogP contribution in [0.5, 0.6) is 0 Å². The maximum Gasteiger partial charge on any atom is 0.272 e. The molecule has 0 spiro atoms. The number of para-hydroxylation sites is 1. The van der Waals surface area contributed by atoms with Crippen LogP contribution in [0, 0.1) is 6.92 Å². The third-order valence-electron chi connectivity index (χ3n) is 3.95. The molecule has 0 heterocycles. The highest BCUT2D eigenvalue weighted by atomic mass is 16.2. The van der Waals surface area contributed by atoms with Crippen molar-refractivity contribution >= 4 is 29.5 Å². The number of hydrogen-bond acceptors (Lipinski definition) is 3. The van der Waals surface area contributed by atoms with Crippen LogP contribution >= 0.6 is 0 Å². The first-order chi connectivity index (χ1) is 13.6. The van der Waals surface area contributed by atoms with Crippen molar-refractivity contribution in [1.82, 2.24) is 10.6 Å². The van der Waals surface area contributed by atoms with Gasteiger partial charge in [0.05, 0.1) is 11.3 Å². The summed E-state index contributed by atoms with van der Waals surface area (Å²) in [5, 5.41) is 8.19. The summed E-state index contributed by atoms with van der Waals surface area (Å²) in [7, 11) is 0. The van der Waals surface area contributed by atoms with E-state index in [4.69, 9.17) is 0 Å². The Morgan fingerprint density at radius 3 is 2.17 bits per heavy atom. The molecule has 0 saturated carbocycles. The predicted octanol–water partition coefficient (Wildman–Crippen LogP) is 3.64. The molecule has 6 nitrogen and oxygen atoms in total. The molecule has 2 aromatic rings. The van der Waals surface area contributed by atoms with Gasteiger partial charge in [-0.1, -0.05) is 36.4 Å². The van der Waals surface area contributed by atoms with E-state index in [9.17, 15) is 14.4 Å². The minimum absolute atomic E-state index is 0.0952. The average molecular weight is 393 g/mol. The van der Waals surface area contributed by atoms with Crippen molar-refractivity contribution in [1.29, 1.82) is 0 Å². The number of nitrogens with one attached hydrogen (secondary N) is 3. The minimum Gasteiger partial charge on any atom is -0.347 e. The predicted molar refractivity (Wildman–Crippen MR) is 115 cm³/mol. The Balaban J connectivity index is 2.34. The van der Waals surface area contributed by atoms with E-state index in [0.29, 0.717) is 11.3 Å². The molecule has 0 aliphatic heterocycles. The molecule has 3 N–H and O–H groups in total. The second-order valence-corrected chi connectivity index (χ2v) is 7.80. The summed E-state index contributed by atoms with van der Waals surface area (Å²) in [6, 6.07) is 14.3. The summed E-state index contributed by atoms with van der Waals surface area (Å²) in [6.45, 7) is 8.90. The lowest BCUT2D eigenvalue weighted by Crippen LogP contribution is -2.41. The molecule has 152 valence electrons. The van der Waals surface area contributed by atoms with E-state index in [1.165, 1.54) is 6.92 Å². The van der Waals surface area contributed by atoms with Crippen molar-refractivity contribution in [2.45, 2.75) is 40.2 Å². The minimum atomic E-state index is -0.514. The fourth-order valence-corrected chi connectivity index (χ4v) is 2.64. The molecular formula is C23H27N3O3. The third-order valence-corrected chi connectivity index (χ3v) is 3.95. The van der Waals surface area contributed by atoms with E-state index in [2.05, 4.69) is 16.0 Å². The van der Waals surface area contributed by atoms with Gasteiger partial charge in [-0.2, -0.15) is 0 Å². The lowest BCUT2D eigenvalue weighted by atomic mass is 10.1. The Labute approximate surface area is 171 Å². The van der Waals surface area contributed by atoms with Crippen LogP contribution in [0.25, 0.3) is 6.08 Å². The van der Waals surface area contributed by atoms with Crippen LogP contribution in [0.2, 0.25) is 0 Å². The van der Waals surface area contributed by atoms with E-state index < -0.39 is 11.4 Å². The van der Waals surface area contributed by atoms with Crippen molar-refractivity contribution in [3.05, 3.63) is 70.9 Å². The van der Waals surface area contributed by atoms with Gasteiger partial charge in [0.1, 0.15) is 5.70 Å². The second-order valence-electron chi connectivity index (χ2n) is 7.80. The topological polar surface area (TPSA) is 87.3 Å². The van der Waals surface area contributed by atoms with Crippen LogP contribution in [0.3, 0.4) is 0 Å². The zero-order chi connectivity index (χ0) is 21.6. The molecule has 0 aliphatic rings.